The van der Waals surface area contributed by atoms with Crippen LogP contribution in [-0.4, -0.2) is 13.2 Å². The first-order chi connectivity index (χ1) is 8.90. The molecule has 1 heteroatoms. The third-order valence-corrected chi connectivity index (χ3v) is 3.68. The second-order valence-corrected chi connectivity index (χ2v) is 4.94. The van der Waals surface area contributed by atoms with Crippen molar-refractivity contribution >= 4 is 6.08 Å². The molecule has 1 aromatic rings. The van der Waals surface area contributed by atoms with E-state index in [9.17, 15) is 0 Å². The highest BCUT2D eigenvalue weighted by molar-refractivity contribution is 5.48. The van der Waals surface area contributed by atoms with Crippen LogP contribution in [0.25, 0.3) is 6.08 Å². The predicted molar refractivity (Wildman–Crippen MR) is 77.2 cm³/mol. The van der Waals surface area contributed by atoms with Gasteiger partial charge in [0.15, 0.2) is 0 Å². The normalized spacial score (nSPS) is 20.7. The Kier molecular flexibility index (Phi) is 5.47. The van der Waals surface area contributed by atoms with E-state index in [-0.39, 0.29) is 0 Å². The fraction of sp³-hybridized carbons (Fsp3) is 0.471. The summed E-state index contributed by atoms with van der Waals surface area (Å²) in [6, 6.07) is 10.5. The molecule has 2 rings (SSSR count). The van der Waals surface area contributed by atoms with Crippen LogP contribution in [-0.2, 0) is 4.74 Å². The fourth-order valence-electron chi connectivity index (χ4n) is 2.57. The van der Waals surface area contributed by atoms with Gasteiger partial charge in [0.25, 0.3) is 0 Å². The second kappa shape index (κ2) is 7.38. The zero-order valence-electron chi connectivity index (χ0n) is 11.3. The minimum absolute atomic E-state index is 0.684. The average Bonchev–Trinajstić information content (AvgIpc) is 2.46. The van der Waals surface area contributed by atoms with E-state index in [0.717, 1.165) is 19.6 Å². The van der Waals surface area contributed by atoms with Gasteiger partial charge in [0.05, 0.1) is 0 Å². The molecule has 1 nitrogen and oxygen atoms in total. The summed E-state index contributed by atoms with van der Waals surface area (Å²) >= 11 is 0. The molecular formula is C17H23O. The Labute approximate surface area is 111 Å². The van der Waals surface area contributed by atoms with Gasteiger partial charge < -0.3 is 4.74 Å². The van der Waals surface area contributed by atoms with Gasteiger partial charge in [-0.1, -0.05) is 49.4 Å². The Morgan fingerprint density at radius 1 is 1.33 bits per heavy atom. The molecule has 1 unspecified atom stereocenters. The smallest absolute Gasteiger partial charge is 0.0499 e. The maximum atomic E-state index is 5.58. The van der Waals surface area contributed by atoms with E-state index < -0.39 is 0 Å². The number of rotatable bonds is 5. The van der Waals surface area contributed by atoms with Crippen molar-refractivity contribution in [2.24, 2.45) is 5.92 Å². The maximum absolute atomic E-state index is 5.58. The number of ether oxygens (including phenoxy) is 1. The van der Waals surface area contributed by atoms with E-state index in [1.807, 2.05) is 0 Å². The van der Waals surface area contributed by atoms with Crippen molar-refractivity contribution in [3.8, 4) is 0 Å². The van der Waals surface area contributed by atoms with Gasteiger partial charge in [0.2, 0.25) is 0 Å². The van der Waals surface area contributed by atoms with Crippen LogP contribution in [0.4, 0.5) is 0 Å². The van der Waals surface area contributed by atoms with E-state index in [4.69, 9.17) is 4.74 Å². The Hall–Kier alpha value is -1.08. The van der Waals surface area contributed by atoms with Crippen molar-refractivity contribution in [2.45, 2.75) is 32.6 Å². The van der Waals surface area contributed by atoms with Crippen LogP contribution in [0.1, 0.15) is 38.2 Å². The van der Waals surface area contributed by atoms with Gasteiger partial charge in [0.1, 0.15) is 0 Å². The minimum Gasteiger partial charge on any atom is -0.381 e. The van der Waals surface area contributed by atoms with Crippen LogP contribution in [0, 0.1) is 11.8 Å². The van der Waals surface area contributed by atoms with Gasteiger partial charge in [0, 0.05) is 13.2 Å². The molecule has 0 spiro atoms. The van der Waals surface area contributed by atoms with Crippen LogP contribution in [0.15, 0.2) is 36.4 Å². The summed E-state index contributed by atoms with van der Waals surface area (Å²) in [5.41, 5.74) is 1.29. The topological polar surface area (TPSA) is 9.23 Å². The number of benzene rings is 1. The number of hydrogen-bond acceptors (Lipinski definition) is 1. The zero-order chi connectivity index (χ0) is 12.6. The van der Waals surface area contributed by atoms with Gasteiger partial charge >= 0.3 is 0 Å². The molecule has 0 aliphatic carbocycles. The highest BCUT2D eigenvalue weighted by atomic mass is 16.5. The zero-order valence-corrected chi connectivity index (χ0v) is 11.3. The summed E-state index contributed by atoms with van der Waals surface area (Å²) in [6.45, 7) is 4.15. The first-order valence-electron chi connectivity index (χ1n) is 7.04. The van der Waals surface area contributed by atoms with Crippen molar-refractivity contribution in [1.29, 1.82) is 0 Å². The Balaban J connectivity index is 1.84. The van der Waals surface area contributed by atoms with Crippen LogP contribution < -0.4 is 0 Å². The molecule has 1 aromatic carbocycles. The Morgan fingerprint density at radius 2 is 2.17 bits per heavy atom. The summed E-state index contributed by atoms with van der Waals surface area (Å²) in [6.07, 6.45) is 9.31. The number of allylic oxidation sites excluding steroid dienone is 1. The summed E-state index contributed by atoms with van der Waals surface area (Å²) in [5.74, 6) is 2.33. The molecule has 1 atom stereocenters. The predicted octanol–water partition coefficient (Wildman–Crippen LogP) is 4.50. The van der Waals surface area contributed by atoms with Gasteiger partial charge in [-0.2, -0.15) is 0 Å². The van der Waals surface area contributed by atoms with Gasteiger partial charge in [-0.05, 0) is 43.1 Å². The third-order valence-electron chi connectivity index (χ3n) is 3.68. The van der Waals surface area contributed by atoms with E-state index in [1.54, 1.807) is 5.92 Å². The average molecular weight is 243 g/mol. The standard InChI is InChI=1S/C17H23O/c1-2-16(17-12-7-13-18-14-17)11-6-10-15-8-4-3-5-9-15/h3-6,8-10,17H,2,7,11-14H2,1H3. The molecule has 18 heavy (non-hydrogen) atoms. The molecule has 1 heterocycles. The maximum Gasteiger partial charge on any atom is 0.0499 e. The Bertz CT molecular complexity index is 349. The molecule has 0 saturated carbocycles. The van der Waals surface area contributed by atoms with E-state index in [0.29, 0.717) is 5.92 Å². The second-order valence-electron chi connectivity index (χ2n) is 4.94. The van der Waals surface area contributed by atoms with Crippen LogP contribution in [0.3, 0.4) is 0 Å². The van der Waals surface area contributed by atoms with E-state index in [2.05, 4.69) is 49.4 Å². The van der Waals surface area contributed by atoms with Crippen molar-refractivity contribution < 1.29 is 4.74 Å². The summed E-state index contributed by atoms with van der Waals surface area (Å²) in [4.78, 5) is 0. The number of hydrogen-bond donors (Lipinski definition) is 0. The van der Waals surface area contributed by atoms with E-state index >= 15 is 0 Å². The van der Waals surface area contributed by atoms with E-state index in [1.165, 1.54) is 24.8 Å². The van der Waals surface area contributed by atoms with Crippen LogP contribution >= 0.6 is 0 Å². The highest BCUT2D eigenvalue weighted by Gasteiger charge is 2.22. The largest absolute Gasteiger partial charge is 0.381 e. The van der Waals surface area contributed by atoms with Crippen LogP contribution in [0.5, 0.6) is 0 Å². The SMILES string of the molecule is CC[C](CC=Cc1ccccc1)C1CCCOC1. The lowest BCUT2D eigenvalue weighted by molar-refractivity contribution is 0.0578. The molecule has 1 saturated heterocycles. The first kappa shape index (κ1) is 13.4. The molecule has 0 aromatic heterocycles. The molecule has 0 bridgehead atoms. The fourth-order valence-corrected chi connectivity index (χ4v) is 2.57. The van der Waals surface area contributed by atoms with Crippen molar-refractivity contribution in [2.75, 3.05) is 13.2 Å². The highest BCUT2D eigenvalue weighted by Crippen LogP contribution is 2.29. The molecule has 1 aliphatic heterocycles. The monoisotopic (exact) mass is 243 g/mol. The molecular weight excluding hydrogens is 220 g/mol. The van der Waals surface area contributed by atoms with Crippen molar-refractivity contribution in [3.05, 3.63) is 47.9 Å². The molecule has 1 fully saturated rings. The molecule has 97 valence electrons. The summed E-state index contributed by atoms with van der Waals surface area (Å²) in [7, 11) is 0. The summed E-state index contributed by atoms with van der Waals surface area (Å²) in [5, 5.41) is 0. The molecule has 1 radical (unpaired) electrons. The van der Waals surface area contributed by atoms with Gasteiger partial charge in [-0.15, -0.1) is 0 Å². The lowest BCUT2D eigenvalue weighted by Gasteiger charge is -2.28. The van der Waals surface area contributed by atoms with Gasteiger partial charge in [-0.25, -0.2) is 0 Å². The quantitative estimate of drug-likeness (QED) is 0.739. The minimum atomic E-state index is 0.684. The first-order valence-corrected chi connectivity index (χ1v) is 7.04. The molecule has 0 amide bonds. The van der Waals surface area contributed by atoms with Crippen LogP contribution in [0.2, 0.25) is 0 Å². The lowest BCUT2D eigenvalue weighted by atomic mass is 9.83. The van der Waals surface area contributed by atoms with Crippen molar-refractivity contribution in [3.63, 3.8) is 0 Å². The molecule has 0 N–H and O–H groups in total. The lowest BCUT2D eigenvalue weighted by Crippen LogP contribution is -2.23. The summed E-state index contributed by atoms with van der Waals surface area (Å²) < 4.78 is 5.58. The molecule has 1 aliphatic rings. The van der Waals surface area contributed by atoms with Crippen molar-refractivity contribution in [1.82, 2.24) is 0 Å². The Morgan fingerprint density at radius 3 is 2.83 bits per heavy atom. The third kappa shape index (κ3) is 3.99. The van der Waals surface area contributed by atoms with Gasteiger partial charge in [-0.3, -0.25) is 0 Å².